The van der Waals surface area contributed by atoms with Gasteiger partial charge in [0, 0.05) is 12.3 Å². The third-order valence-corrected chi connectivity index (χ3v) is 1.65. The molecule has 1 rings (SSSR count). The summed E-state index contributed by atoms with van der Waals surface area (Å²) in [6.07, 6.45) is 5.04. The molecule has 1 aliphatic rings. The van der Waals surface area contributed by atoms with E-state index in [1.54, 1.807) is 0 Å². The zero-order valence-corrected chi connectivity index (χ0v) is 5.41. The second-order valence-electron chi connectivity index (χ2n) is 2.32. The van der Waals surface area contributed by atoms with Crippen LogP contribution in [0.2, 0.25) is 0 Å². The lowest BCUT2D eigenvalue weighted by atomic mass is 9.96. The highest BCUT2D eigenvalue weighted by Gasteiger charge is 2.03. The van der Waals surface area contributed by atoms with Gasteiger partial charge in [-0.15, -0.1) is 5.92 Å². The van der Waals surface area contributed by atoms with E-state index in [4.69, 9.17) is 0 Å². The molecule has 0 saturated carbocycles. The van der Waals surface area contributed by atoms with E-state index in [2.05, 4.69) is 18.8 Å². The van der Waals surface area contributed by atoms with Crippen LogP contribution in [0.4, 0.5) is 0 Å². The van der Waals surface area contributed by atoms with Gasteiger partial charge in [0.25, 0.3) is 0 Å². The van der Waals surface area contributed by atoms with Crippen LogP contribution in [-0.4, -0.2) is 0 Å². The Balaban J connectivity index is 2.39. The summed E-state index contributed by atoms with van der Waals surface area (Å²) < 4.78 is 0. The van der Waals surface area contributed by atoms with Crippen LogP contribution in [0.15, 0.2) is 0 Å². The lowest BCUT2D eigenvalue weighted by Gasteiger charge is -2.08. The van der Waals surface area contributed by atoms with Crippen molar-refractivity contribution in [1.82, 2.24) is 0 Å². The minimum atomic E-state index is 0.726. The van der Waals surface area contributed by atoms with Gasteiger partial charge in [-0.3, -0.25) is 0 Å². The standard InChI is InChI=1S/C8H12/c1-2-8-6-4-3-5-7-8/h8H,2-4,6H2,1H3. The van der Waals surface area contributed by atoms with Crippen molar-refractivity contribution in [1.29, 1.82) is 0 Å². The van der Waals surface area contributed by atoms with E-state index in [1.165, 1.54) is 19.3 Å². The molecule has 0 amide bonds. The number of hydrogen-bond donors (Lipinski definition) is 0. The fourth-order valence-electron chi connectivity index (χ4n) is 1.03. The maximum absolute atomic E-state index is 3.22. The normalized spacial score (nSPS) is 26.4. The van der Waals surface area contributed by atoms with Gasteiger partial charge in [0.2, 0.25) is 0 Å². The monoisotopic (exact) mass is 108 g/mol. The summed E-state index contributed by atoms with van der Waals surface area (Å²) in [5.74, 6) is 7.08. The molecule has 0 aromatic heterocycles. The van der Waals surface area contributed by atoms with Gasteiger partial charge in [0.05, 0.1) is 0 Å². The van der Waals surface area contributed by atoms with Crippen molar-refractivity contribution in [3.63, 3.8) is 0 Å². The van der Waals surface area contributed by atoms with E-state index in [-0.39, 0.29) is 0 Å². The highest BCUT2D eigenvalue weighted by atomic mass is 14.1. The highest BCUT2D eigenvalue weighted by Crippen LogP contribution is 2.14. The van der Waals surface area contributed by atoms with Crippen molar-refractivity contribution in [2.24, 2.45) is 5.92 Å². The molecule has 0 radical (unpaired) electrons. The van der Waals surface area contributed by atoms with Crippen LogP contribution in [0, 0.1) is 17.8 Å². The Kier molecular flexibility index (Phi) is 1.97. The first-order chi connectivity index (χ1) is 3.93. The summed E-state index contributed by atoms with van der Waals surface area (Å²) in [7, 11) is 0. The van der Waals surface area contributed by atoms with Gasteiger partial charge >= 0.3 is 0 Å². The lowest BCUT2D eigenvalue weighted by Crippen LogP contribution is -1.97. The Morgan fingerprint density at radius 1 is 1.62 bits per heavy atom. The molecular weight excluding hydrogens is 96.1 g/mol. The van der Waals surface area contributed by atoms with Crippen molar-refractivity contribution >= 4 is 0 Å². The Morgan fingerprint density at radius 2 is 2.50 bits per heavy atom. The van der Waals surface area contributed by atoms with Gasteiger partial charge in [0.1, 0.15) is 0 Å². The molecule has 0 fully saturated rings. The van der Waals surface area contributed by atoms with Crippen LogP contribution in [0.25, 0.3) is 0 Å². The van der Waals surface area contributed by atoms with Crippen molar-refractivity contribution in [3.8, 4) is 11.8 Å². The fourth-order valence-corrected chi connectivity index (χ4v) is 1.03. The van der Waals surface area contributed by atoms with Crippen LogP contribution in [-0.2, 0) is 0 Å². The quantitative estimate of drug-likeness (QED) is 0.452. The van der Waals surface area contributed by atoms with E-state index in [0.29, 0.717) is 0 Å². The lowest BCUT2D eigenvalue weighted by molar-refractivity contribution is 0.554. The predicted octanol–water partition coefficient (Wildman–Crippen LogP) is 2.20. The van der Waals surface area contributed by atoms with E-state index >= 15 is 0 Å². The maximum atomic E-state index is 3.22. The van der Waals surface area contributed by atoms with Crippen molar-refractivity contribution in [2.75, 3.05) is 0 Å². The van der Waals surface area contributed by atoms with Crippen molar-refractivity contribution in [2.45, 2.75) is 32.6 Å². The fraction of sp³-hybridized carbons (Fsp3) is 0.750. The van der Waals surface area contributed by atoms with Gasteiger partial charge in [-0.2, -0.15) is 0 Å². The van der Waals surface area contributed by atoms with E-state index in [0.717, 1.165) is 12.3 Å². The van der Waals surface area contributed by atoms with Crippen LogP contribution in [0.5, 0.6) is 0 Å². The molecule has 0 nitrogen and oxygen atoms in total. The van der Waals surface area contributed by atoms with Crippen LogP contribution < -0.4 is 0 Å². The second-order valence-corrected chi connectivity index (χ2v) is 2.32. The molecule has 1 atom stereocenters. The van der Waals surface area contributed by atoms with Gasteiger partial charge < -0.3 is 0 Å². The summed E-state index contributed by atoms with van der Waals surface area (Å²) in [6, 6.07) is 0. The zero-order chi connectivity index (χ0) is 5.82. The molecule has 0 aromatic rings. The summed E-state index contributed by atoms with van der Waals surface area (Å²) in [4.78, 5) is 0. The Bertz CT molecular complexity index is 114. The summed E-state index contributed by atoms with van der Waals surface area (Å²) in [5.41, 5.74) is 0. The van der Waals surface area contributed by atoms with E-state index in [9.17, 15) is 0 Å². The zero-order valence-electron chi connectivity index (χ0n) is 5.41. The molecule has 1 aliphatic carbocycles. The van der Waals surface area contributed by atoms with Gasteiger partial charge in [-0.1, -0.05) is 12.8 Å². The van der Waals surface area contributed by atoms with Gasteiger partial charge in [-0.05, 0) is 19.3 Å². The molecule has 0 aliphatic heterocycles. The third-order valence-electron chi connectivity index (χ3n) is 1.65. The van der Waals surface area contributed by atoms with Crippen LogP contribution in [0.3, 0.4) is 0 Å². The van der Waals surface area contributed by atoms with E-state index in [1.807, 2.05) is 0 Å². The van der Waals surface area contributed by atoms with Gasteiger partial charge in [-0.25, -0.2) is 0 Å². The average Bonchev–Trinajstić information content (AvgIpc) is 1.90. The summed E-state index contributed by atoms with van der Waals surface area (Å²) >= 11 is 0. The Morgan fingerprint density at radius 3 is 2.88 bits per heavy atom. The first-order valence-corrected chi connectivity index (χ1v) is 3.42. The maximum Gasteiger partial charge on any atom is 0.0200 e. The average molecular weight is 108 g/mol. The molecule has 0 bridgehead atoms. The Hall–Kier alpha value is -0.440. The first kappa shape index (κ1) is 5.69. The molecule has 1 unspecified atom stereocenters. The largest absolute Gasteiger partial charge is 0.103 e. The summed E-state index contributed by atoms with van der Waals surface area (Å²) in [5, 5.41) is 0. The van der Waals surface area contributed by atoms with Crippen LogP contribution in [0.1, 0.15) is 32.6 Å². The summed E-state index contributed by atoms with van der Waals surface area (Å²) in [6.45, 7) is 2.21. The topological polar surface area (TPSA) is 0 Å². The third kappa shape index (κ3) is 1.26. The number of hydrogen-bond acceptors (Lipinski definition) is 0. The smallest absolute Gasteiger partial charge is 0.0200 e. The molecule has 0 spiro atoms. The molecule has 0 heterocycles. The van der Waals surface area contributed by atoms with Gasteiger partial charge in [0.15, 0.2) is 0 Å². The Labute approximate surface area is 51.3 Å². The molecule has 0 saturated heterocycles. The molecule has 0 heteroatoms. The highest BCUT2D eigenvalue weighted by molar-refractivity contribution is 5.06. The molecule has 8 heavy (non-hydrogen) atoms. The molecule has 0 N–H and O–H groups in total. The van der Waals surface area contributed by atoms with Crippen molar-refractivity contribution < 1.29 is 0 Å². The minimum Gasteiger partial charge on any atom is -0.103 e. The van der Waals surface area contributed by atoms with Crippen molar-refractivity contribution in [3.05, 3.63) is 0 Å². The second kappa shape index (κ2) is 2.77. The molecular formula is C8H12. The van der Waals surface area contributed by atoms with Crippen LogP contribution >= 0.6 is 0 Å². The van der Waals surface area contributed by atoms with E-state index < -0.39 is 0 Å². The SMILES string of the molecule is CCC1C#CCCC1. The molecule has 0 aromatic carbocycles. The molecule has 44 valence electrons. The first-order valence-electron chi connectivity index (χ1n) is 3.42. The predicted molar refractivity (Wildman–Crippen MR) is 35.4 cm³/mol. The number of rotatable bonds is 1. The minimum absolute atomic E-state index is 0.726.